The first-order chi connectivity index (χ1) is 16.8. The molecule has 7 N–H and O–H groups in total. The highest BCUT2D eigenvalue weighted by Gasteiger charge is 2.14. The van der Waals surface area contributed by atoms with E-state index in [1.165, 1.54) is 6.42 Å². The first-order valence-electron chi connectivity index (χ1n) is 11.8. The van der Waals surface area contributed by atoms with E-state index in [0.717, 1.165) is 6.42 Å². The normalized spacial score (nSPS) is 10.6. The minimum atomic E-state index is -1.08. The van der Waals surface area contributed by atoms with Crippen molar-refractivity contribution in [1.82, 2.24) is 0 Å². The molecule has 1 atom stereocenters. The van der Waals surface area contributed by atoms with Crippen LogP contribution in [0.1, 0.15) is 98.3 Å². The standard InChI is InChI=1S/C9H20O.C6H10O4.C5H8O4.C4H6O4/c1-8(5-6-10)7-9(2,3)4;7-5(8)3-1-2-4-6(9)10;6-4(7)2-1-3-5(8)9;5-3(6)1-2-4(7)8/h8,10H,5-7H2,1-4H3;1-4H2,(H,7,8)(H,9,10);1-3H2,(H,6,7)(H,8,9);1-2H2,(H,5,6)(H,7,8). The summed E-state index contributed by atoms with van der Waals surface area (Å²) < 4.78 is 0. The predicted octanol–water partition coefficient (Wildman–Crippen LogP) is 3.42. The van der Waals surface area contributed by atoms with Crippen LogP contribution in [-0.2, 0) is 28.8 Å². The molecule has 37 heavy (non-hydrogen) atoms. The van der Waals surface area contributed by atoms with E-state index in [1.54, 1.807) is 0 Å². The number of hydrogen-bond acceptors (Lipinski definition) is 7. The maximum Gasteiger partial charge on any atom is 0.303 e. The van der Waals surface area contributed by atoms with Crippen LogP contribution in [0, 0.1) is 11.3 Å². The van der Waals surface area contributed by atoms with E-state index in [9.17, 15) is 28.8 Å². The molecule has 0 aromatic heterocycles. The van der Waals surface area contributed by atoms with Crippen LogP contribution in [0.2, 0.25) is 0 Å². The van der Waals surface area contributed by atoms with Crippen molar-refractivity contribution in [1.29, 1.82) is 0 Å². The highest BCUT2D eigenvalue weighted by atomic mass is 16.4. The molecule has 0 saturated carbocycles. The Morgan fingerprint density at radius 3 is 1.03 bits per heavy atom. The number of aliphatic hydroxyl groups is 1. The molecule has 0 amide bonds. The lowest BCUT2D eigenvalue weighted by Gasteiger charge is -2.22. The van der Waals surface area contributed by atoms with Crippen LogP contribution in [-0.4, -0.2) is 78.2 Å². The molecular weight excluding hydrogens is 496 g/mol. The van der Waals surface area contributed by atoms with Crippen molar-refractivity contribution in [2.45, 2.75) is 98.3 Å². The summed E-state index contributed by atoms with van der Waals surface area (Å²) in [4.78, 5) is 58.6. The van der Waals surface area contributed by atoms with Crippen molar-refractivity contribution in [2.75, 3.05) is 6.61 Å². The van der Waals surface area contributed by atoms with Crippen LogP contribution in [0.3, 0.4) is 0 Å². The number of carboxylic acids is 6. The van der Waals surface area contributed by atoms with Gasteiger partial charge in [0.05, 0.1) is 12.8 Å². The van der Waals surface area contributed by atoms with Crippen LogP contribution in [0.25, 0.3) is 0 Å². The molecule has 0 rings (SSSR count). The topological polar surface area (TPSA) is 244 Å². The predicted molar refractivity (Wildman–Crippen MR) is 132 cm³/mol. The average Bonchev–Trinajstić information content (AvgIpc) is 2.69. The van der Waals surface area contributed by atoms with E-state index in [1.807, 2.05) is 0 Å². The molecule has 0 radical (unpaired) electrons. The summed E-state index contributed by atoms with van der Waals surface area (Å²) >= 11 is 0. The van der Waals surface area contributed by atoms with Gasteiger partial charge in [0.2, 0.25) is 0 Å². The van der Waals surface area contributed by atoms with Gasteiger partial charge in [0.1, 0.15) is 0 Å². The van der Waals surface area contributed by atoms with Gasteiger partial charge in [-0.05, 0) is 43.4 Å². The third-order valence-electron chi connectivity index (χ3n) is 3.95. The van der Waals surface area contributed by atoms with Crippen molar-refractivity contribution >= 4 is 35.8 Å². The van der Waals surface area contributed by atoms with Crippen LogP contribution >= 0.6 is 0 Å². The molecule has 0 saturated heterocycles. The Balaban J connectivity index is -0.000000197. The Hall–Kier alpha value is -3.22. The van der Waals surface area contributed by atoms with Crippen LogP contribution in [0.15, 0.2) is 0 Å². The largest absolute Gasteiger partial charge is 0.481 e. The minimum absolute atomic E-state index is 0.0628. The fourth-order valence-electron chi connectivity index (χ4n) is 2.52. The van der Waals surface area contributed by atoms with Gasteiger partial charge >= 0.3 is 35.8 Å². The fraction of sp³-hybridized carbons (Fsp3) is 0.750. The summed E-state index contributed by atoms with van der Waals surface area (Å²) in [5.74, 6) is -5.13. The van der Waals surface area contributed by atoms with Gasteiger partial charge in [0, 0.05) is 32.3 Å². The Labute approximate surface area is 217 Å². The zero-order valence-corrected chi connectivity index (χ0v) is 22.1. The van der Waals surface area contributed by atoms with Crippen LogP contribution in [0.5, 0.6) is 0 Å². The lowest BCUT2D eigenvalue weighted by molar-refractivity contribution is -0.143. The van der Waals surface area contributed by atoms with Crippen molar-refractivity contribution < 1.29 is 64.5 Å². The summed E-state index contributed by atoms with van der Waals surface area (Å²) in [6.07, 6.45) is 2.66. The average molecular weight is 541 g/mol. The van der Waals surface area contributed by atoms with Gasteiger partial charge in [-0.3, -0.25) is 28.8 Å². The molecule has 0 heterocycles. The van der Waals surface area contributed by atoms with E-state index < -0.39 is 35.8 Å². The zero-order valence-electron chi connectivity index (χ0n) is 22.1. The summed E-state index contributed by atoms with van der Waals surface area (Å²) in [5, 5.41) is 56.8. The molecule has 13 nitrogen and oxygen atoms in total. The first-order valence-corrected chi connectivity index (χ1v) is 11.8. The Morgan fingerprint density at radius 2 is 0.811 bits per heavy atom. The molecule has 0 aliphatic rings. The second kappa shape index (κ2) is 25.9. The first kappa shape index (κ1) is 40.9. The third kappa shape index (κ3) is 59.8. The Morgan fingerprint density at radius 1 is 0.541 bits per heavy atom. The van der Waals surface area contributed by atoms with Gasteiger partial charge in [-0.2, -0.15) is 0 Å². The third-order valence-corrected chi connectivity index (χ3v) is 3.95. The molecule has 1 unspecified atom stereocenters. The lowest BCUT2D eigenvalue weighted by atomic mass is 9.84. The molecular formula is C24H44O13. The molecule has 0 aliphatic heterocycles. The van der Waals surface area contributed by atoms with Gasteiger partial charge in [0.25, 0.3) is 0 Å². The smallest absolute Gasteiger partial charge is 0.303 e. The maximum atomic E-state index is 9.90. The second-order valence-corrected chi connectivity index (χ2v) is 9.31. The van der Waals surface area contributed by atoms with Crippen LogP contribution < -0.4 is 0 Å². The highest BCUT2D eigenvalue weighted by molar-refractivity contribution is 5.75. The molecule has 0 aliphatic carbocycles. The van der Waals surface area contributed by atoms with Crippen molar-refractivity contribution in [2.24, 2.45) is 11.3 Å². The van der Waals surface area contributed by atoms with E-state index in [2.05, 4.69) is 27.7 Å². The number of hydrogen-bond donors (Lipinski definition) is 7. The number of aliphatic carboxylic acids is 6. The van der Waals surface area contributed by atoms with E-state index in [0.29, 0.717) is 30.8 Å². The molecule has 0 aromatic carbocycles. The SMILES string of the molecule is CC(CCO)CC(C)(C)C.O=C(O)CCC(=O)O.O=C(O)CCCC(=O)O.O=C(O)CCCCC(=O)O. The van der Waals surface area contributed by atoms with Crippen molar-refractivity contribution in [3.05, 3.63) is 0 Å². The molecule has 0 fully saturated rings. The number of aliphatic hydroxyl groups excluding tert-OH is 1. The van der Waals surface area contributed by atoms with Gasteiger partial charge in [-0.25, -0.2) is 0 Å². The van der Waals surface area contributed by atoms with Gasteiger partial charge in [-0.15, -0.1) is 0 Å². The second-order valence-electron chi connectivity index (χ2n) is 9.31. The molecule has 0 bridgehead atoms. The Bertz CT molecular complexity index is 622. The van der Waals surface area contributed by atoms with Gasteiger partial charge in [-0.1, -0.05) is 27.7 Å². The molecule has 0 spiro atoms. The number of rotatable bonds is 15. The lowest BCUT2D eigenvalue weighted by Crippen LogP contribution is -2.11. The van der Waals surface area contributed by atoms with Gasteiger partial charge in [0.15, 0.2) is 0 Å². The van der Waals surface area contributed by atoms with E-state index in [-0.39, 0.29) is 44.9 Å². The van der Waals surface area contributed by atoms with E-state index in [4.69, 9.17) is 35.7 Å². The molecule has 13 heteroatoms. The maximum absolute atomic E-state index is 9.90. The monoisotopic (exact) mass is 540 g/mol. The molecule has 0 aromatic rings. The summed E-state index contributed by atoms with van der Waals surface area (Å²) in [6.45, 7) is 9.24. The number of unbranched alkanes of at least 4 members (excludes halogenated alkanes) is 1. The van der Waals surface area contributed by atoms with Crippen LogP contribution in [0.4, 0.5) is 0 Å². The Kier molecular flexibility index (Phi) is 28.6. The van der Waals surface area contributed by atoms with Gasteiger partial charge < -0.3 is 35.7 Å². The van der Waals surface area contributed by atoms with E-state index >= 15 is 0 Å². The minimum Gasteiger partial charge on any atom is -0.481 e. The fourth-order valence-corrected chi connectivity index (χ4v) is 2.52. The summed E-state index contributed by atoms with van der Waals surface area (Å²) in [5.41, 5.74) is 0.411. The highest BCUT2D eigenvalue weighted by Crippen LogP contribution is 2.25. The number of carbonyl (C=O) groups is 6. The molecule has 218 valence electrons. The quantitative estimate of drug-likeness (QED) is 0.147. The van der Waals surface area contributed by atoms with Crippen molar-refractivity contribution in [3.63, 3.8) is 0 Å². The summed E-state index contributed by atoms with van der Waals surface area (Å²) in [6, 6.07) is 0. The number of carboxylic acid groups (broad SMARTS) is 6. The summed E-state index contributed by atoms with van der Waals surface area (Å²) in [7, 11) is 0. The zero-order chi connectivity index (χ0) is 30.0. The van der Waals surface area contributed by atoms with Crippen molar-refractivity contribution in [3.8, 4) is 0 Å².